The van der Waals surface area contributed by atoms with Gasteiger partial charge >= 0.3 is 12.1 Å². The molecule has 0 aromatic rings. The summed E-state index contributed by atoms with van der Waals surface area (Å²) in [5, 5.41) is 0.467. The zero-order valence-corrected chi connectivity index (χ0v) is 31.6. The van der Waals surface area contributed by atoms with Gasteiger partial charge in [0.05, 0.1) is 51.4 Å². The molecule has 0 aromatic heterocycles. The van der Waals surface area contributed by atoms with Crippen LogP contribution in [0.1, 0.15) is 119 Å². The highest BCUT2D eigenvalue weighted by atomic mass is 32.3. The van der Waals surface area contributed by atoms with Gasteiger partial charge in [0.15, 0.2) is 0 Å². The first kappa shape index (κ1) is 42.9. The molecule has 0 aromatic carbocycles. The van der Waals surface area contributed by atoms with Crippen molar-refractivity contribution >= 4 is 28.4 Å². The Hall–Kier alpha value is -2.27. The topological polar surface area (TPSA) is 158 Å². The summed E-state index contributed by atoms with van der Waals surface area (Å²) in [6, 6.07) is -3.21. The van der Waals surface area contributed by atoms with Crippen molar-refractivity contribution in [2.24, 2.45) is 0 Å². The summed E-state index contributed by atoms with van der Waals surface area (Å²) in [5.74, 6) is -0.678. The normalized spacial score (nSPS) is 22.6. The molecule has 4 amide bonds. The van der Waals surface area contributed by atoms with E-state index in [1.165, 1.54) is 86.9 Å². The predicted octanol–water partition coefficient (Wildman–Crippen LogP) is 5.05. The first-order valence-electron chi connectivity index (χ1n) is 18.1. The third kappa shape index (κ3) is 14.1. The molecule has 3 fully saturated rings. The summed E-state index contributed by atoms with van der Waals surface area (Å²) in [5.41, 5.74) is 1.44. The first-order valence-corrected chi connectivity index (χ1v) is 19.5. The van der Waals surface area contributed by atoms with Gasteiger partial charge in [-0.1, -0.05) is 53.4 Å². The molecule has 0 radical (unpaired) electrons. The van der Waals surface area contributed by atoms with Crippen LogP contribution in [-0.4, -0.2) is 126 Å². The SMILES string of the molecule is CC(C)(C)OC(=O)N1C[C@@H](F)C[C@H]1CONC(=O)[C@@H]1CC[C@@H]2CN1C(=O)N2OS(=O)(=O)[O-].CCCC[N+](CCCC)(CCCC)CCCC. The van der Waals surface area contributed by atoms with Gasteiger partial charge in [0.1, 0.15) is 17.8 Å². The predicted molar refractivity (Wildman–Crippen MR) is 181 cm³/mol. The van der Waals surface area contributed by atoms with Gasteiger partial charge in [0.2, 0.25) is 10.4 Å². The van der Waals surface area contributed by atoms with Crippen LogP contribution in [0.3, 0.4) is 0 Å². The molecule has 3 heterocycles. The lowest BCUT2D eigenvalue weighted by atomic mass is 10.0. The number of halogens is 1. The Bertz CT molecular complexity index is 1120. The van der Waals surface area contributed by atoms with Crippen LogP contribution in [0.4, 0.5) is 14.0 Å². The summed E-state index contributed by atoms with van der Waals surface area (Å²) in [6.07, 6.45) is 9.55. The number of unbranched alkanes of at least 4 members (excludes halogenated alkanes) is 4. The summed E-state index contributed by atoms with van der Waals surface area (Å²) < 4.78 is 57.2. The Morgan fingerprint density at radius 3 is 1.94 bits per heavy atom. The maximum absolute atomic E-state index is 13.9. The highest BCUT2D eigenvalue weighted by Crippen LogP contribution is 2.31. The molecule has 286 valence electrons. The number of alkyl halides is 1. The molecule has 16 heteroatoms. The molecule has 3 saturated heterocycles. The van der Waals surface area contributed by atoms with Crippen LogP contribution >= 0.6 is 0 Å². The summed E-state index contributed by atoms with van der Waals surface area (Å²) in [4.78, 5) is 44.6. The lowest BCUT2D eigenvalue weighted by molar-refractivity contribution is -0.929. The van der Waals surface area contributed by atoms with E-state index in [9.17, 15) is 31.7 Å². The van der Waals surface area contributed by atoms with E-state index in [0.29, 0.717) is 5.06 Å². The second kappa shape index (κ2) is 19.9. The van der Waals surface area contributed by atoms with E-state index in [1.807, 2.05) is 0 Å². The molecule has 0 aliphatic carbocycles. The van der Waals surface area contributed by atoms with Crippen LogP contribution < -0.4 is 5.48 Å². The van der Waals surface area contributed by atoms with Gasteiger partial charge in [0, 0.05) is 13.0 Å². The third-order valence-electron chi connectivity index (χ3n) is 9.18. The number of piperidine rings is 1. The maximum Gasteiger partial charge on any atom is 0.410 e. The quantitative estimate of drug-likeness (QED) is 0.0885. The summed E-state index contributed by atoms with van der Waals surface area (Å²) in [7, 11) is -5.14. The number of urea groups is 1. The van der Waals surface area contributed by atoms with E-state index in [1.54, 1.807) is 20.8 Å². The number of hydroxylamine groups is 3. The fraction of sp³-hybridized carbons (Fsp3) is 0.909. The van der Waals surface area contributed by atoms with E-state index in [2.05, 4.69) is 37.5 Å². The van der Waals surface area contributed by atoms with Gasteiger partial charge in [-0.2, -0.15) is 9.35 Å². The van der Waals surface area contributed by atoms with Crippen molar-refractivity contribution in [3.05, 3.63) is 0 Å². The van der Waals surface area contributed by atoms with Crippen molar-refractivity contribution in [2.75, 3.05) is 45.9 Å². The van der Waals surface area contributed by atoms with Crippen LogP contribution in [0.2, 0.25) is 0 Å². The number of carbonyl (C=O) groups is 3. The van der Waals surface area contributed by atoms with Crippen LogP contribution in [0.15, 0.2) is 0 Å². The minimum absolute atomic E-state index is 0.00498. The molecule has 49 heavy (non-hydrogen) atoms. The lowest BCUT2D eigenvalue weighted by Crippen LogP contribution is -2.50. The number of carbonyl (C=O) groups excluding carboxylic acids is 3. The standard InChI is InChI=1S/C17H27FN4O9S.C16H36N/c1-17(2,3)30-16(25)20-7-10(18)6-12(20)9-29-19-14(23)13-5-4-11-8-21(13)15(24)22(11)31-32(26,27)28;1-5-9-13-17(14-10-6-2,15-11-7-3)16-12-8-4/h10-13H,4-9H2,1-3H3,(H,19,23)(H,26,27,28);5-16H2,1-4H3/q;+1/p-1/t10-,11+,12-,13-;/m0./s1. The number of hydrogen-bond donors (Lipinski definition) is 1. The fourth-order valence-electron chi connectivity index (χ4n) is 6.58. The molecule has 1 N–H and O–H groups in total. The Morgan fingerprint density at radius 2 is 1.47 bits per heavy atom. The molecular formula is C33H62FN5O9S. The smallest absolute Gasteiger partial charge is 0.410 e. The minimum Gasteiger partial charge on any atom is -0.724 e. The molecule has 2 bridgehead atoms. The van der Waals surface area contributed by atoms with E-state index < -0.39 is 58.3 Å². The van der Waals surface area contributed by atoms with Crippen molar-refractivity contribution < 1.29 is 50.1 Å². The molecule has 3 aliphatic rings. The highest BCUT2D eigenvalue weighted by molar-refractivity contribution is 7.80. The van der Waals surface area contributed by atoms with Crippen LogP contribution in [0.25, 0.3) is 0 Å². The zero-order chi connectivity index (χ0) is 36.8. The van der Waals surface area contributed by atoms with Crippen molar-refractivity contribution in [1.82, 2.24) is 20.3 Å². The van der Waals surface area contributed by atoms with E-state index >= 15 is 0 Å². The second-order valence-electron chi connectivity index (χ2n) is 14.5. The number of fused-ring (bicyclic) bond motifs is 2. The van der Waals surface area contributed by atoms with Gasteiger partial charge < -0.3 is 18.7 Å². The molecular weight excluding hydrogens is 661 g/mol. The summed E-state index contributed by atoms with van der Waals surface area (Å²) >= 11 is 0. The molecule has 0 saturated carbocycles. The van der Waals surface area contributed by atoms with Crippen molar-refractivity contribution in [3.63, 3.8) is 0 Å². The number of nitrogens with one attached hydrogen (secondary N) is 1. The monoisotopic (exact) mass is 723 g/mol. The number of amides is 4. The molecule has 3 aliphatic heterocycles. The fourth-order valence-corrected chi connectivity index (χ4v) is 6.97. The van der Waals surface area contributed by atoms with E-state index in [-0.39, 0.29) is 39.0 Å². The third-order valence-corrected chi connectivity index (χ3v) is 9.52. The molecule has 4 atom stereocenters. The number of likely N-dealkylation sites (tertiary alicyclic amines) is 1. The highest BCUT2D eigenvalue weighted by Gasteiger charge is 2.49. The number of nitrogens with zero attached hydrogens (tertiary/aromatic N) is 4. The summed E-state index contributed by atoms with van der Waals surface area (Å²) in [6.45, 7) is 19.7. The zero-order valence-electron chi connectivity index (χ0n) is 30.8. The Balaban J connectivity index is 0.000000417. The Morgan fingerprint density at radius 1 is 0.939 bits per heavy atom. The molecule has 0 unspecified atom stereocenters. The largest absolute Gasteiger partial charge is 0.724 e. The number of ether oxygens (including phenoxy) is 1. The van der Waals surface area contributed by atoms with Gasteiger partial charge in [-0.15, -0.1) is 0 Å². The van der Waals surface area contributed by atoms with Crippen LogP contribution in [-0.2, 0) is 29.1 Å². The lowest BCUT2D eigenvalue weighted by Gasteiger charge is -2.39. The number of hydrogen-bond acceptors (Lipinski definition) is 9. The van der Waals surface area contributed by atoms with Gasteiger partial charge in [-0.3, -0.25) is 14.5 Å². The minimum atomic E-state index is -5.14. The molecule has 0 spiro atoms. The van der Waals surface area contributed by atoms with E-state index in [4.69, 9.17) is 9.57 Å². The number of quaternary nitrogens is 1. The maximum atomic E-state index is 13.9. The Labute approximate surface area is 293 Å². The van der Waals surface area contributed by atoms with Crippen molar-refractivity contribution in [1.29, 1.82) is 0 Å². The van der Waals surface area contributed by atoms with Gasteiger partial charge in [-0.05, 0) is 59.3 Å². The van der Waals surface area contributed by atoms with Gasteiger partial charge in [0.25, 0.3) is 5.91 Å². The van der Waals surface area contributed by atoms with Crippen LogP contribution in [0.5, 0.6) is 0 Å². The van der Waals surface area contributed by atoms with E-state index in [0.717, 1.165) is 4.90 Å². The van der Waals surface area contributed by atoms with Crippen LogP contribution in [0, 0.1) is 0 Å². The first-order chi connectivity index (χ1) is 23.0. The Kier molecular flexibility index (Phi) is 17.5. The van der Waals surface area contributed by atoms with Crippen molar-refractivity contribution in [2.45, 2.75) is 149 Å². The second-order valence-corrected chi connectivity index (χ2v) is 15.5. The average molecular weight is 724 g/mol. The average Bonchev–Trinajstić information content (AvgIpc) is 3.51. The van der Waals surface area contributed by atoms with Gasteiger partial charge in [-0.25, -0.2) is 27.9 Å². The number of rotatable bonds is 18. The van der Waals surface area contributed by atoms with Crippen molar-refractivity contribution in [3.8, 4) is 0 Å². The molecule has 3 rings (SSSR count). The molecule has 14 nitrogen and oxygen atoms in total.